The van der Waals surface area contributed by atoms with Crippen molar-refractivity contribution < 1.29 is 4.39 Å². The molecule has 0 saturated carbocycles. The molecule has 2 nitrogen and oxygen atoms in total. The third-order valence-electron chi connectivity index (χ3n) is 3.48. The molecule has 0 atom stereocenters. The molecule has 0 unspecified atom stereocenters. The van der Waals surface area contributed by atoms with Crippen molar-refractivity contribution in [3.05, 3.63) is 34.6 Å². The summed E-state index contributed by atoms with van der Waals surface area (Å²) in [4.78, 5) is 2.27. The van der Waals surface area contributed by atoms with Crippen molar-refractivity contribution in [1.29, 1.82) is 0 Å². The first kappa shape index (κ1) is 13.8. The van der Waals surface area contributed by atoms with Crippen LogP contribution in [0.2, 0.25) is 5.02 Å². The van der Waals surface area contributed by atoms with E-state index >= 15 is 0 Å². The molecule has 2 rings (SSSR count). The summed E-state index contributed by atoms with van der Waals surface area (Å²) in [6, 6.07) is 4.63. The maximum absolute atomic E-state index is 13.0. The van der Waals surface area contributed by atoms with E-state index in [4.69, 9.17) is 11.6 Å². The third-order valence-corrected chi connectivity index (χ3v) is 3.84. The lowest BCUT2D eigenvalue weighted by Crippen LogP contribution is -2.34. The number of nitrogens with zero attached hydrogens (tertiary/aromatic N) is 1. The molecular formula is C14H20ClFN2. The molecule has 1 aliphatic heterocycles. The predicted molar refractivity (Wildman–Crippen MR) is 73.3 cm³/mol. The Kier molecular flexibility index (Phi) is 4.98. The Labute approximate surface area is 113 Å². The molecule has 0 spiro atoms. The van der Waals surface area contributed by atoms with Gasteiger partial charge in [-0.2, -0.15) is 0 Å². The molecule has 18 heavy (non-hydrogen) atoms. The van der Waals surface area contributed by atoms with Crippen molar-refractivity contribution in [1.82, 2.24) is 10.2 Å². The van der Waals surface area contributed by atoms with Crippen LogP contribution in [0.4, 0.5) is 4.39 Å². The highest BCUT2D eigenvalue weighted by Crippen LogP contribution is 2.20. The van der Waals surface area contributed by atoms with E-state index in [0.717, 1.165) is 37.7 Å². The number of rotatable bonds is 4. The fourth-order valence-electron chi connectivity index (χ4n) is 2.51. The molecule has 0 aliphatic carbocycles. The highest BCUT2D eigenvalue weighted by Gasteiger charge is 2.15. The number of benzene rings is 1. The van der Waals surface area contributed by atoms with Crippen LogP contribution in [0.15, 0.2) is 18.2 Å². The van der Waals surface area contributed by atoms with Crippen molar-refractivity contribution in [3.63, 3.8) is 0 Å². The Morgan fingerprint density at radius 3 is 2.78 bits per heavy atom. The summed E-state index contributed by atoms with van der Waals surface area (Å²) >= 11 is 6.04. The highest BCUT2D eigenvalue weighted by atomic mass is 35.5. The average Bonchev–Trinajstić information content (AvgIpc) is 2.34. The first-order valence-corrected chi connectivity index (χ1v) is 6.86. The second kappa shape index (κ2) is 6.50. The van der Waals surface area contributed by atoms with Crippen molar-refractivity contribution in [2.75, 3.05) is 26.7 Å². The average molecular weight is 271 g/mol. The van der Waals surface area contributed by atoms with Gasteiger partial charge in [0.1, 0.15) is 5.82 Å². The molecule has 1 aromatic rings. The summed E-state index contributed by atoms with van der Waals surface area (Å²) in [5, 5.41) is 3.89. The first-order valence-electron chi connectivity index (χ1n) is 6.48. The van der Waals surface area contributed by atoms with Crippen molar-refractivity contribution >= 4 is 11.6 Å². The minimum absolute atomic E-state index is 0.273. The molecule has 1 aliphatic rings. The van der Waals surface area contributed by atoms with Gasteiger partial charge in [0.15, 0.2) is 0 Å². The molecule has 1 saturated heterocycles. The summed E-state index contributed by atoms with van der Waals surface area (Å²) in [6.45, 7) is 4.10. The number of halogens is 2. The zero-order valence-electron chi connectivity index (χ0n) is 10.8. The summed E-state index contributed by atoms with van der Waals surface area (Å²) in [5.74, 6) is 0.486. The van der Waals surface area contributed by atoms with Gasteiger partial charge in [0.05, 0.1) is 0 Å². The standard InChI is InChI=1S/C14H20ClFN2/c1-18(9-11-4-6-17-7-5-11)10-12-2-3-13(16)8-14(12)15/h2-3,8,11,17H,4-7,9-10H2,1H3. The molecule has 100 valence electrons. The van der Waals surface area contributed by atoms with Gasteiger partial charge in [0.25, 0.3) is 0 Å². The van der Waals surface area contributed by atoms with Gasteiger partial charge >= 0.3 is 0 Å². The van der Waals surface area contributed by atoms with Crippen LogP contribution in [0.3, 0.4) is 0 Å². The maximum atomic E-state index is 13.0. The van der Waals surface area contributed by atoms with E-state index in [0.29, 0.717) is 5.02 Å². The van der Waals surface area contributed by atoms with Crippen LogP contribution in [0.25, 0.3) is 0 Å². The number of nitrogens with one attached hydrogen (secondary N) is 1. The topological polar surface area (TPSA) is 15.3 Å². The minimum atomic E-state index is -0.273. The molecule has 0 aromatic heterocycles. The Bertz CT molecular complexity index is 391. The van der Waals surface area contributed by atoms with Gasteiger partial charge in [-0.3, -0.25) is 0 Å². The monoisotopic (exact) mass is 270 g/mol. The summed E-state index contributed by atoms with van der Waals surface area (Å²) in [6.07, 6.45) is 2.48. The van der Waals surface area contributed by atoms with Crippen LogP contribution in [0.5, 0.6) is 0 Å². The Balaban J connectivity index is 1.87. The van der Waals surface area contributed by atoms with Crippen LogP contribution < -0.4 is 5.32 Å². The lowest BCUT2D eigenvalue weighted by Gasteiger charge is -2.27. The van der Waals surface area contributed by atoms with Crippen molar-refractivity contribution in [3.8, 4) is 0 Å². The van der Waals surface area contributed by atoms with Crippen molar-refractivity contribution in [2.45, 2.75) is 19.4 Å². The molecule has 0 radical (unpaired) electrons. The molecule has 1 fully saturated rings. The molecule has 0 amide bonds. The fraction of sp³-hybridized carbons (Fsp3) is 0.571. The fourth-order valence-corrected chi connectivity index (χ4v) is 2.74. The Morgan fingerprint density at radius 2 is 2.11 bits per heavy atom. The molecular weight excluding hydrogens is 251 g/mol. The van der Waals surface area contributed by atoms with Gasteiger partial charge in [-0.15, -0.1) is 0 Å². The van der Waals surface area contributed by atoms with Crippen LogP contribution in [0, 0.1) is 11.7 Å². The Morgan fingerprint density at radius 1 is 1.39 bits per heavy atom. The lowest BCUT2D eigenvalue weighted by atomic mass is 9.97. The molecule has 1 heterocycles. The second-order valence-corrected chi connectivity index (χ2v) is 5.53. The van der Waals surface area contributed by atoms with Crippen LogP contribution in [-0.2, 0) is 6.54 Å². The normalized spacial score (nSPS) is 17.3. The number of hydrogen-bond donors (Lipinski definition) is 1. The smallest absolute Gasteiger partial charge is 0.124 e. The van der Waals surface area contributed by atoms with Crippen LogP contribution in [0.1, 0.15) is 18.4 Å². The highest BCUT2D eigenvalue weighted by molar-refractivity contribution is 6.31. The van der Waals surface area contributed by atoms with E-state index in [1.165, 1.54) is 25.0 Å². The lowest BCUT2D eigenvalue weighted by molar-refractivity contribution is 0.234. The summed E-state index contributed by atoms with van der Waals surface area (Å²) in [5.41, 5.74) is 0.995. The van der Waals surface area contributed by atoms with Gasteiger partial charge in [0.2, 0.25) is 0 Å². The van der Waals surface area contributed by atoms with E-state index in [1.807, 2.05) is 0 Å². The second-order valence-electron chi connectivity index (χ2n) is 5.13. The molecule has 0 bridgehead atoms. The quantitative estimate of drug-likeness (QED) is 0.905. The molecule has 1 N–H and O–H groups in total. The van der Waals surface area contributed by atoms with Gasteiger partial charge in [-0.25, -0.2) is 4.39 Å². The number of hydrogen-bond acceptors (Lipinski definition) is 2. The first-order chi connectivity index (χ1) is 8.65. The summed E-state index contributed by atoms with van der Waals surface area (Å²) < 4.78 is 13.0. The minimum Gasteiger partial charge on any atom is -0.317 e. The van der Waals surface area contributed by atoms with Gasteiger partial charge in [0, 0.05) is 18.1 Å². The van der Waals surface area contributed by atoms with Crippen LogP contribution >= 0.6 is 11.6 Å². The summed E-state index contributed by atoms with van der Waals surface area (Å²) in [7, 11) is 2.10. The van der Waals surface area contributed by atoms with Gasteiger partial charge < -0.3 is 10.2 Å². The van der Waals surface area contributed by atoms with E-state index in [2.05, 4.69) is 17.3 Å². The van der Waals surface area contributed by atoms with E-state index in [-0.39, 0.29) is 5.82 Å². The SMILES string of the molecule is CN(Cc1ccc(F)cc1Cl)CC1CCNCC1. The Hall–Kier alpha value is -0.640. The predicted octanol–water partition coefficient (Wildman–Crippen LogP) is 2.91. The van der Waals surface area contributed by atoms with Gasteiger partial charge in [-0.05, 0) is 56.6 Å². The zero-order chi connectivity index (χ0) is 13.0. The maximum Gasteiger partial charge on any atom is 0.124 e. The molecule has 4 heteroatoms. The van der Waals surface area contributed by atoms with Gasteiger partial charge in [-0.1, -0.05) is 17.7 Å². The third kappa shape index (κ3) is 3.94. The van der Waals surface area contributed by atoms with E-state index in [1.54, 1.807) is 6.07 Å². The van der Waals surface area contributed by atoms with E-state index < -0.39 is 0 Å². The van der Waals surface area contributed by atoms with Crippen LogP contribution in [-0.4, -0.2) is 31.6 Å². The largest absolute Gasteiger partial charge is 0.317 e. The van der Waals surface area contributed by atoms with E-state index in [9.17, 15) is 4.39 Å². The van der Waals surface area contributed by atoms with Crippen molar-refractivity contribution in [2.24, 2.45) is 5.92 Å². The molecule has 1 aromatic carbocycles. The number of piperidine rings is 1. The zero-order valence-corrected chi connectivity index (χ0v) is 11.5.